The van der Waals surface area contributed by atoms with Gasteiger partial charge in [-0.2, -0.15) is 0 Å². The van der Waals surface area contributed by atoms with Gasteiger partial charge in [-0.15, -0.1) is 10.2 Å². The summed E-state index contributed by atoms with van der Waals surface area (Å²) in [5, 5.41) is 7.43. The quantitative estimate of drug-likeness (QED) is 0.540. The summed E-state index contributed by atoms with van der Waals surface area (Å²) in [4.78, 5) is 24.6. The molecule has 6 heteroatoms. The molecule has 0 saturated carbocycles. The lowest BCUT2D eigenvalue weighted by Crippen LogP contribution is -2.07. The van der Waals surface area contributed by atoms with Gasteiger partial charge in [-0.3, -0.25) is 4.79 Å². The number of ketones is 1. The number of nitrogens with zero attached hydrogens (tertiary/aromatic N) is 2. The number of aromatic nitrogens is 2. The van der Waals surface area contributed by atoms with Crippen molar-refractivity contribution in [2.24, 2.45) is 0 Å². The number of hydrogen-bond acceptors (Lipinski definition) is 6. The Balaban J connectivity index is 1.58. The van der Waals surface area contributed by atoms with E-state index in [4.69, 9.17) is 9.15 Å². The predicted molar refractivity (Wildman–Crippen MR) is 83.5 cm³/mol. The van der Waals surface area contributed by atoms with Crippen molar-refractivity contribution in [1.82, 2.24) is 10.2 Å². The molecule has 24 heavy (non-hydrogen) atoms. The number of ether oxygens (including phenoxy) is 1. The molecule has 118 valence electrons. The first kappa shape index (κ1) is 14.3. The summed E-state index contributed by atoms with van der Waals surface area (Å²) in [6.07, 6.45) is 0. The first-order valence-electron chi connectivity index (χ1n) is 7.38. The molecule has 1 aromatic heterocycles. The van der Waals surface area contributed by atoms with E-state index in [0.29, 0.717) is 22.6 Å². The number of rotatable bonds is 3. The van der Waals surface area contributed by atoms with Gasteiger partial charge in [0.2, 0.25) is 5.89 Å². The van der Waals surface area contributed by atoms with E-state index < -0.39 is 5.97 Å². The van der Waals surface area contributed by atoms with Gasteiger partial charge >= 0.3 is 5.97 Å². The maximum atomic E-state index is 12.5. The smallest absolute Gasteiger partial charge is 0.338 e. The van der Waals surface area contributed by atoms with E-state index in [9.17, 15) is 9.59 Å². The van der Waals surface area contributed by atoms with Crippen molar-refractivity contribution in [2.45, 2.75) is 13.5 Å². The molecular formula is C18H12N2O4. The maximum absolute atomic E-state index is 12.5. The van der Waals surface area contributed by atoms with Gasteiger partial charge in [0.1, 0.15) is 0 Å². The van der Waals surface area contributed by atoms with Crippen LogP contribution in [0.5, 0.6) is 0 Å². The molecule has 0 radical (unpaired) electrons. The van der Waals surface area contributed by atoms with Crippen LogP contribution in [0.3, 0.4) is 0 Å². The zero-order valence-corrected chi connectivity index (χ0v) is 12.8. The van der Waals surface area contributed by atoms with Crippen LogP contribution in [0.25, 0.3) is 11.1 Å². The van der Waals surface area contributed by atoms with Gasteiger partial charge < -0.3 is 9.15 Å². The second-order valence-corrected chi connectivity index (χ2v) is 5.43. The van der Waals surface area contributed by atoms with Crippen LogP contribution in [0.4, 0.5) is 0 Å². The van der Waals surface area contributed by atoms with Crippen LogP contribution in [0.2, 0.25) is 0 Å². The molecule has 6 nitrogen and oxygen atoms in total. The highest BCUT2D eigenvalue weighted by Crippen LogP contribution is 2.36. The second-order valence-electron chi connectivity index (χ2n) is 5.43. The predicted octanol–water partition coefficient (Wildman–Crippen LogP) is 2.95. The first-order chi connectivity index (χ1) is 11.6. The van der Waals surface area contributed by atoms with Gasteiger partial charge in [-0.1, -0.05) is 30.3 Å². The minimum absolute atomic E-state index is 0.0808. The summed E-state index contributed by atoms with van der Waals surface area (Å²) >= 11 is 0. The van der Waals surface area contributed by atoms with Crippen molar-refractivity contribution in [3.63, 3.8) is 0 Å². The standard InChI is InChI=1S/C18H12N2O4/c1-10-19-20-16(24-10)9-23-18(22)11-6-7-13-12-4-2-3-5-14(12)17(21)15(13)8-11/h2-8H,9H2,1H3. The summed E-state index contributed by atoms with van der Waals surface area (Å²) in [5.41, 5.74) is 3.20. The summed E-state index contributed by atoms with van der Waals surface area (Å²) in [7, 11) is 0. The maximum Gasteiger partial charge on any atom is 0.338 e. The summed E-state index contributed by atoms with van der Waals surface area (Å²) in [5.74, 6) is 0.00705. The third-order valence-corrected chi connectivity index (χ3v) is 3.86. The second kappa shape index (κ2) is 5.42. The van der Waals surface area contributed by atoms with E-state index in [2.05, 4.69) is 10.2 Å². The molecule has 0 atom stereocenters. The third kappa shape index (κ3) is 2.28. The minimum Gasteiger partial charge on any atom is -0.452 e. The summed E-state index contributed by atoms with van der Waals surface area (Å²) in [6.45, 7) is 1.55. The first-order valence-corrected chi connectivity index (χ1v) is 7.38. The van der Waals surface area contributed by atoms with Crippen molar-refractivity contribution in [2.75, 3.05) is 0 Å². The Hall–Kier alpha value is -3.28. The number of benzene rings is 2. The van der Waals surface area contributed by atoms with Crippen molar-refractivity contribution in [3.05, 3.63) is 70.9 Å². The van der Waals surface area contributed by atoms with Gasteiger partial charge in [0, 0.05) is 18.1 Å². The molecule has 0 unspecified atom stereocenters. The highest BCUT2D eigenvalue weighted by molar-refractivity contribution is 6.22. The Kier molecular flexibility index (Phi) is 3.23. The van der Waals surface area contributed by atoms with Crippen LogP contribution in [-0.2, 0) is 11.3 Å². The highest BCUT2D eigenvalue weighted by atomic mass is 16.5. The molecule has 1 heterocycles. The fraction of sp³-hybridized carbons (Fsp3) is 0.111. The lowest BCUT2D eigenvalue weighted by molar-refractivity contribution is 0.0437. The van der Waals surface area contributed by atoms with E-state index >= 15 is 0 Å². The SMILES string of the molecule is Cc1nnc(COC(=O)c2ccc3c(c2)C(=O)c2ccccc2-3)o1. The molecule has 0 amide bonds. The largest absolute Gasteiger partial charge is 0.452 e. The Morgan fingerprint density at radius 1 is 1.04 bits per heavy atom. The normalized spacial score (nSPS) is 12.0. The molecule has 0 saturated heterocycles. The Morgan fingerprint density at radius 2 is 1.79 bits per heavy atom. The third-order valence-electron chi connectivity index (χ3n) is 3.86. The molecule has 1 aliphatic carbocycles. The monoisotopic (exact) mass is 320 g/mol. The van der Waals surface area contributed by atoms with Crippen LogP contribution in [0, 0.1) is 6.92 Å². The molecule has 0 fully saturated rings. The Morgan fingerprint density at radius 3 is 2.54 bits per heavy atom. The minimum atomic E-state index is -0.544. The van der Waals surface area contributed by atoms with E-state index in [1.165, 1.54) is 0 Å². The fourth-order valence-electron chi connectivity index (χ4n) is 2.76. The van der Waals surface area contributed by atoms with Crippen molar-refractivity contribution < 1.29 is 18.7 Å². The zero-order chi connectivity index (χ0) is 16.7. The van der Waals surface area contributed by atoms with E-state index in [1.54, 1.807) is 31.2 Å². The molecule has 0 N–H and O–H groups in total. The van der Waals surface area contributed by atoms with Crippen molar-refractivity contribution in [3.8, 4) is 11.1 Å². The fourth-order valence-corrected chi connectivity index (χ4v) is 2.76. The molecule has 1 aliphatic rings. The summed E-state index contributed by atoms with van der Waals surface area (Å²) in [6, 6.07) is 12.4. The number of carbonyl (C=O) groups excluding carboxylic acids is 2. The number of aryl methyl sites for hydroxylation is 1. The zero-order valence-electron chi connectivity index (χ0n) is 12.8. The number of hydrogen-bond donors (Lipinski definition) is 0. The average Bonchev–Trinajstić information content (AvgIpc) is 3.15. The molecule has 0 aliphatic heterocycles. The molecule has 2 aromatic carbocycles. The number of fused-ring (bicyclic) bond motifs is 3. The molecule has 0 bridgehead atoms. The van der Waals surface area contributed by atoms with Gasteiger partial charge in [0.15, 0.2) is 12.4 Å². The molecule has 0 spiro atoms. The van der Waals surface area contributed by atoms with Gasteiger partial charge in [0.25, 0.3) is 5.89 Å². The molecule has 3 aromatic rings. The van der Waals surface area contributed by atoms with E-state index in [-0.39, 0.29) is 18.3 Å². The van der Waals surface area contributed by atoms with Crippen LogP contribution in [0.15, 0.2) is 46.9 Å². The highest BCUT2D eigenvalue weighted by Gasteiger charge is 2.27. The summed E-state index contributed by atoms with van der Waals surface area (Å²) < 4.78 is 10.3. The van der Waals surface area contributed by atoms with Crippen LogP contribution in [-0.4, -0.2) is 21.9 Å². The van der Waals surface area contributed by atoms with Gasteiger partial charge in [0.05, 0.1) is 5.56 Å². The van der Waals surface area contributed by atoms with Crippen LogP contribution in [0.1, 0.15) is 38.1 Å². The lowest BCUT2D eigenvalue weighted by atomic mass is 10.0. The van der Waals surface area contributed by atoms with Gasteiger partial charge in [-0.05, 0) is 23.3 Å². The van der Waals surface area contributed by atoms with Crippen molar-refractivity contribution >= 4 is 11.8 Å². The average molecular weight is 320 g/mol. The van der Waals surface area contributed by atoms with Crippen molar-refractivity contribution in [1.29, 1.82) is 0 Å². The number of carbonyl (C=O) groups is 2. The van der Waals surface area contributed by atoms with Gasteiger partial charge in [-0.25, -0.2) is 4.79 Å². The number of esters is 1. The Bertz CT molecular complexity index is 975. The van der Waals surface area contributed by atoms with E-state index in [0.717, 1.165) is 11.1 Å². The molecule has 4 rings (SSSR count). The van der Waals surface area contributed by atoms with Crippen LogP contribution >= 0.6 is 0 Å². The van der Waals surface area contributed by atoms with E-state index in [1.807, 2.05) is 18.2 Å². The molecular weight excluding hydrogens is 308 g/mol. The lowest BCUT2D eigenvalue weighted by Gasteiger charge is -2.04. The van der Waals surface area contributed by atoms with Crippen LogP contribution < -0.4 is 0 Å². The Labute approximate surface area is 137 Å². The topological polar surface area (TPSA) is 82.3 Å².